The van der Waals surface area contributed by atoms with Crippen molar-refractivity contribution in [2.75, 3.05) is 23.4 Å². The van der Waals surface area contributed by atoms with Crippen LogP contribution in [0.2, 0.25) is 10.0 Å². The zero-order valence-corrected chi connectivity index (χ0v) is 18.3. The molecule has 0 atom stereocenters. The number of carbonyl (C=O) groups excluding carboxylic acids is 1. The highest BCUT2D eigenvalue weighted by molar-refractivity contribution is 7.99. The minimum absolute atomic E-state index is 0.000229. The summed E-state index contributed by atoms with van der Waals surface area (Å²) in [5, 5.41) is 14.6. The van der Waals surface area contributed by atoms with Crippen LogP contribution in [0.4, 0.5) is 11.1 Å². The highest BCUT2D eigenvalue weighted by atomic mass is 35.5. The summed E-state index contributed by atoms with van der Waals surface area (Å²) in [5.74, 6) is 0.746. The van der Waals surface area contributed by atoms with E-state index in [1.54, 1.807) is 11.6 Å². The molecule has 0 spiro atoms. The number of ether oxygens (including phenoxy) is 1. The van der Waals surface area contributed by atoms with Crippen molar-refractivity contribution in [2.24, 2.45) is 0 Å². The van der Waals surface area contributed by atoms with Crippen LogP contribution in [-0.4, -0.2) is 38.2 Å². The van der Waals surface area contributed by atoms with Crippen LogP contribution in [0.15, 0.2) is 28.9 Å². The molecular formula is C17H13Cl2N7O2S2. The van der Waals surface area contributed by atoms with Gasteiger partial charge in [-0.15, -0.1) is 11.3 Å². The van der Waals surface area contributed by atoms with Crippen molar-refractivity contribution < 1.29 is 9.53 Å². The number of carbonyl (C=O) groups is 1. The Balaban J connectivity index is 1.72. The van der Waals surface area contributed by atoms with E-state index in [2.05, 4.69) is 25.3 Å². The number of nitrogens with one attached hydrogen (secondary N) is 1. The maximum absolute atomic E-state index is 12.0. The second kappa shape index (κ2) is 10.4. The molecule has 2 aromatic heterocycles. The predicted molar refractivity (Wildman–Crippen MR) is 117 cm³/mol. The van der Waals surface area contributed by atoms with Gasteiger partial charge in [0.1, 0.15) is 11.8 Å². The van der Waals surface area contributed by atoms with Crippen molar-refractivity contribution in [1.82, 2.24) is 19.9 Å². The first-order valence-electron chi connectivity index (χ1n) is 8.29. The van der Waals surface area contributed by atoms with Gasteiger partial charge in [0.05, 0.1) is 10.0 Å². The summed E-state index contributed by atoms with van der Waals surface area (Å²) in [6.07, 6.45) is 1.85. The molecule has 0 aliphatic rings. The third kappa shape index (κ3) is 5.93. The van der Waals surface area contributed by atoms with E-state index < -0.39 is 0 Å². The predicted octanol–water partition coefficient (Wildman–Crippen LogP) is 3.91. The van der Waals surface area contributed by atoms with Crippen LogP contribution in [0.25, 0.3) is 11.4 Å². The van der Waals surface area contributed by atoms with E-state index in [9.17, 15) is 4.79 Å². The van der Waals surface area contributed by atoms with Gasteiger partial charge in [-0.3, -0.25) is 4.79 Å². The maximum Gasteiger partial charge on any atom is 0.226 e. The molecule has 0 saturated heterocycles. The Bertz CT molecular complexity index is 1090. The highest BCUT2D eigenvalue weighted by Gasteiger charge is 2.15. The smallest absolute Gasteiger partial charge is 0.226 e. The summed E-state index contributed by atoms with van der Waals surface area (Å²) < 4.78 is 5.29. The minimum Gasteiger partial charge on any atom is -0.477 e. The Morgan fingerprint density at radius 1 is 1.30 bits per heavy atom. The molecule has 0 unspecified atom stereocenters. The Kier molecular flexibility index (Phi) is 7.64. The number of amides is 1. The van der Waals surface area contributed by atoms with Gasteiger partial charge in [0.2, 0.25) is 11.9 Å². The molecule has 3 N–H and O–H groups in total. The fourth-order valence-corrected chi connectivity index (χ4v) is 4.03. The summed E-state index contributed by atoms with van der Waals surface area (Å²) in [7, 11) is 0. The molecule has 1 aromatic carbocycles. The average Bonchev–Trinajstić information content (AvgIpc) is 3.20. The number of nitrogens with two attached hydrogens (primary N) is 1. The Labute approximate surface area is 189 Å². The lowest BCUT2D eigenvalue weighted by atomic mass is 10.2. The van der Waals surface area contributed by atoms with Crippen LogP contribution in [-0.2, 0) is 4.79 Å². The van der Waals surface area contributed by atoms with E-state index in [0.29, 0.717) is 21.6 Å². The molecule has 2 heterocycles. The van der Waals surface area contributed by atoms with Gasteiger partial charge in [0.15, 0.2) is 22.7 Å². The molecule has 0 radical (unpaired) electrons. The van der Waals surface area contributed by atoms with Crippen molar-refractivity contribution in [1.29, 1.82) is 5.26 Å². The largest absolute Gasteiger partial charge is 0.477 e. The SMILES string of the molecule is N#CCOc1cc(-c2nc(N)nc(SCCC(=O)Nc3nccs3)n2)c(Cl)cc1Cl. The molecule has 9 nitrogen and oxygen atoms in total. The summed E-state index contributed by atoms with van der Waals surface area (Å²) >= 11 is 15.0. The van der Waals surface area contributed by atoms with Crippen molar-refractivity contribution in [3.8, 4) is 23.2 Å². The molecule has 30 heavy (non-hydrogen) atoms. The number of aromatic nitrogens is 4. The molecule has 0 bridgehead atoms. The number of rotatable bonds is 8. The zero-order chi connectivity index (χ0) is 21.5. The number of thioether (sulfide) groups is 1. The van der Waals surface area contributed by atoms with Crippen LogP contribution in [0.3, 0.4) is 0 Å². The third-order valence-corrected chi connectivity index (χ3v) is 5.57. The van der Waals surface area contributed by atoms with E-state index in [-0.39, 0.29) is 46.5 Å². The number of nitriles is 1. The zero-order valence-electron chi connectivity index (χ0n) is 15.1. The van der Waals surface area contributed by atoms with Crippen LogP contribution in [0, 0.1) is 11.3 Å². The molecule has 154 valence electrons. The van der Waals surface area contributed by atoms with E-state index in [1.165, 1.54) is 35.2 Å². The number of nitrogen functional groups attached to an aromatic ring is 1. The highest BCUT2D eigenvalue weighted by Crippen LogP contribution is 2.36. The monoisotopic (exact) mass is 481 g/mol. The van der Waals surface area contributed by atoms with Gasteiger partial charge >= 0.3 is 0 Å². The van der Waals surface area contributed by atoms with Gasteiger partial charge in [-0.25, -0.2) is 9.97 Å². The lowest BCUT2D eigenvalue weighted by Crippen LogP contribution is -2.12. The van der Waals surface area contributed by atoms with Crippen LogP contribution in [0.5, 0.6) is 5.75 Å². The lowest BCUT2D eigenvalue weighted by molar-refractivity contribution is -0.115. The lowest BCUT2D eigenvalue weighted by Gasteiger charge is -2.10. The summed E-state index contributed by atoms with van der Waals surface area (Å²) in [5.41, 5.74) is 6.23. The number of halogens is 2. The second-order valence-corrected chi connectivity index (χ2v) is 8.26. The summed E-state index contributed by atoms with van der Waals surface area (Å²) in [4.78, 5) is 28.5. The Morgan fingerprint density at radius 2 is 2.13 bits per heavy atom. The molecule has 0 fully saturated rings. The average molecular weight is 482 g/mol. The second-order valence-electron chi connectivity index (χ2n) is 5.49. The number of hydrogen-bond acceptors (Lipinski definition) is 10. The number of hydrogen-bond donors (Lipinski definition) is 2. The topological polar surface area (TPSA) is 140 Å². The van der Waals surface area contributed by atoms with E-state index in [1.807, 2.05) is 6.07 Å². The van der Waals surface area contributed by atoms with Crippen LogP contribution in [0.1, 0.15) is 6.42 Å². The molecule has 0 aliphatic heterocycles. The van der Waals surface area contributed by atoms with E-state index in [4.69, 9.17) is 38.9 Å². The number of benzene rings is 1. The molecule has 13 heteroatoms. The molecule has 3 rings (SSSR count). The van der Waals surface area contributed by atoms with Crippen molar-refractivity contribution in [3.05, 3.63) is 33.8 Å². The number of nitrogens with zero attached hydrogens (tertiary/aromatic N) is 5. The van der Waals surface area contributed by atoms with Crippen LogP contribution < -0.4 is 15.8 Å². The van der Waals surface area contributed by atoms with Crippen molar-refractivity contribution in [3.63, 3.8) is 0 Å². The van der Waals surface area contributed by atoms with E-state index >= 15 is 0 Å². The first-order valence-corrected chi connectivity index (χ1v) is 10.9. The normalized spacial score (nSPS) is 10.4. The number of anilines is 2. The summed E-state index contributed by atoms with van der Waals surface area (Å²) in [6, 6.07) is 4.87. The van der Waals surface area contributed by atoms with Crippen molar-refractivity contribution >= 4 is 63.3 Å². The van der Waals surface area contributed by atoms with Gasteiger partial charge in [-0.2, -0.15) is 15.2 Å². The standard InChI is InChI=1S/C17H13Cl2N7O2S2/c18-10-8-11(19)12(28-4-2-20)7-9(10)14-24-15(21)26-17(25-14)29-5-1-13(27)23-16-22-3-6-30-16/h3,6-8H,1,4-5H2,(H,22,23,27)(H2,21,24,25,26). The molecular weight excluding hydrogens is 469 g/mol. The van der Waals surface area contributed by atoms with Gasteiger partial charge in [-0.05, 0) is 12.1 Å². The quantitative estimate of drug-likeness (QED) is 0.457. The molecule has 0 saturated carbocycles. The van der Waals surface area contributed by atoms with Gasteiger partial charge in [-0.1, -0.05) is 35.0 Å². The number of thiazole rings is 1. The molecule has 0 aliphatic carbocycles. The van der Waals surface area contributed by atoms with Gasteiger partial charge in [0.25, 0.3) is 0 Å². The maximum atomic E-state index is 12.0. The Morgan fingerprint density at radius 3 is 2.87 bits per heavy atom. The molecule has 3 aromatic rings. The fraction of sp³-hybridized carbons (Fsp3) is 0.176. The van der Waals surface area contributed by atoms with Crippen molar-refractivity contribution in [2.45, 2.75) is 11.6 Å². The summed E-state index contributed by atoms with van der Waals surface area (Å²) in [6.45, 7) is -0.176. The van der Waals surface area contributed by atoms with Crippen LogP contribution >= 0.6 is 46.3 Å². The first kappa shape index (κ1) is 22.0. The Hall–Kier alpha value is -2.65. The third-order valence-electron chi connectivity index (χ3n) is 3.43. The molecule has 1 amide bonds. The van der Waals surface area contributed by atoms with Gasteiger partial charge in [0, 0.05) is 29.3 Å². The minimum atomic E-state index is -0.176. The fourth-order valence-electron chi connectivity index (χ4n) is 2.18. The van der Waals surface area contributed by atoms with E-state index in [0.717, 1.165) is 0 Å². The van der Waals surface area contributed by atoms with Gasteiger partial charge < -0.3 is 15.8 Å². The first-order chi connectivity index (χ1) is 14.5.